The maximum atomic E-state index is 11.6. The van der Waals surface area contributed by atoms with Gasteiger partial charge in [-0.2, -0.15) is 0 Å². The first kappa shape index (κ1) is 13.6. The molecule has 5 nitrogen and oxygen atoms in total. The van der Waals surface area contributed by atoms with Gasteiger partial charge in [0.05, 0.1) is 11.5 Å². The number of carbonyl (C=O) groups excluding carboxylic acids is 1. The van der Waals surface area contributed by atoms with Crippen molar-refractivity contribution in [1.82, 2.24) is 5.32 Å². The predicted octanol–water partition coefficient (Wildman–Crippen LogP) is 1.21. The van der Waals surface area contributed by atoms with Crippen LogP contribution in [0.1, 0.15) is 12.5 Å². The first-order valence-electron chi connectivity index (χ1n) is 5.41. The van der Waals surface area contributed by atoms with E-state index in [1.807, 2.05) is 30.3 Å². The number of benzene rings is 1. The monoisotopic (exact) mass is 244 g/mol. The van der Waals surface area contributed by atoms with E-state index in [1.165, 1.54) is 0 Å². The zero-order valence-electron chi connectivity index (χ0n) is 10.2. The summed E-state index contributed by atoms with van der Waals surface area (Å²) in [5.41, 5.74) is 6.09. The van der Waals surface area contributed by atoms with Gasteiger partial charge in [-0.15, -0.1) is 0 Å². The number of nitrogens with two attached hydrogens (primary N) is 1. The Hall–Kier alpha value is -2.43. The number of nitrogens with one attached hydrogen (secondary N) is 2. The van der Waals surface area contributed by atoms with Crippen LogP contribution in [0, 0.1) is 5.41 Å². The van der Waals surface area contributed by atoms with Crippen LogP contribution < -0.4 is 11.1 Å². The molecule has 0 unspecified atom stereocenters. The smallest absolute Gasteiger partial charge is 0.271 e. The van der Waals surface area contributed by atoms with Crippen LogP contribution in [0.5, 0.6) is 0 Å². The molecule has 0 aliphatic carbocycles. The Morgan fingerprint density at radius 1 is 1.44 bits per heavy atom. The molecule has 0 fully saturated rings. The molecule has 18 heavy (non-hydrogen) atoms. The van der Waals surface area contributed by atoms with E-state index >= 15 is 0 Å². The van der Waals surface area contributed by atoms with Gasteiger partial charge in [-0.3, -0.25) is 10.2 Å². The van der Waals surface area contributed by atoms with E-state index in [0.29, 0.717) is 6.54 Å². The number of rotatable bonds is 5. The summed E-state index contributed by atoms with van der Waals surface area (Å²) in [7, 11) is 0. The van der Waals surface area contributed by atoms with E-state index in [0.717, 1.165) is 5.56 Å². The van der Waals surface area contributed by atoms with E-state index in [-0.39, 0.29) is 17.2 Å². The highest BCUT2D eigenvalue weighted by atomic mass is 16.1. The van der Waals surface area contributed by atoms with Crippen molar-refractivity contribution in [3.05, 3.63) is 48.2 Å². The number of hydrogen-bond donors (Lipinski definition) is 3. The van der Waals surface area contributed by atoms with E-state index in [2.05, 4.69) is 16.9 Å². The average Bonchev–Trinajstić information content (AvgIpc) is 2.35. The highest BCUT2D eigenvalue weighted by molar-refractivity contribution is 6.43. The Labute approximate surface area is 106 Å². The van der Waals surface area contributed by atoms with Crippen LogP contribution in [0.15, 0.2) is 47.6 Å². The minimum absolute atomic E-state index is 0.0561. The van der Waals surface area contributed by atoms with Crippen LogP contribution in [0.3, 0.4) is 0 Å². The van der Waals surface area contributed by atoms with Crippen molar-refractivity contribution in [2.45, 2.75) is 13.5 Å². The molecule has 0 aliphatic rings. The van der Waals surface area contributed by atoms with Gasteiger partial charge >= 0.3 is 0 Å². The average molecular weight is 244 g/mol. The number of amidine groups is 1. The SMILES string of the molecule is C=C(N=C(C)N)C(=N)C(=O)NCc1ccccc1. The van der Waals surface area contributed by atoms with E-state index < -0.39 is 5.91 Å². The number of hydrogen-bond acceptors (Lipinski definition) is 3. The standard InChI is InChI=1S/C13H16N4O/c1-9(17-10(2)14)12(15)13(18)16-8-11-6-4-3-5-7-11/h3-7,15H,1,8H2,2H3,(H2,14,17)(H,16,18). The molecule has 0 radical (unpaired) electrons. The van der Waals surface area contributed by atoms with Gasteiger partial charge in [0.25, 0.3) is 5.91 Å². The Morgan fingerprint density at radius 2 is 2.06 bits per heavy atom. The molecule has 1 rings (SSSR count). The summed E-state index contributed by atoms with van der Waals surface area (Å²) in [5.74, 6) is -0.255. The summed E-state index contributed by atoms with van der Waals surface area (Å²) in [5, 5.41) is 10.2. The third-order valence-corrected chi connectivity index (χ3v) is 2.12. The lowest BCUT2D eigenvalue weighted by atomic mass is 10.2. The number of aliphatic imine (C=N–C) groups is 1. The lowest BCUT2D eigenvalue weighted by Gasteiger charge is -2.06. The molecule has 0 saturated heterocycles. The second-order valence-electron chi connectivity index (χ2n) is 3.74. The third kappa shape index (κ3) is 4.21. The maximum Gasteiger partial charge on any atom is 0.271 e. The molecule has 94 valence electrons. The normalized spacial score (nSPS) is 10.8. The Morgan fingerprint density at radius 3 is 2.61 bits per heavy atom. The van der Waals surface area contributed by atoms with Gasteiger partial charge in [0.2, 0.25) is 0 Å². The van der Waals surface area contributed by atoms with Gasteiger partial charge in [-0.25, -0.2) is 4.99 Å². The van der Waals surface area contributed by atoms with Crippen molar-refractivity contribution in [3.63, 3.8) is 0 Å². The van der Waals surface area contributed by atoms with E-state index in [9.17, 15) is 4.79 Å². The highest BCUT2D eigenvalue weighted by Crippen LogP contribution is 1.99. The molecule has 1 aromatic rings. The maximum absolute atomic E-state index is 11.6. The van der Waals surface area contributed by atoms with E-state index in [1.54, 1.807) is 6.92 Å². The Bertz CT molecular complexity index is 487. The van der Waals surface area contributed by atoms with Gasteiger partial charge in [-0.1, -0.05) is 36.9 Å². The largest absolute Gasteiger partial charge is 0.387 e. The fourth-order valence-corrected chi connectivity index (χ4v) is 1.27. The zero-order valence-corrected chi connectivity index (χ0v) is 10.2. The number of carbonyl (C=O) groups is 1. The summed E-state index contributed by atoms with van der Waals surface area (Å²) in [6.45, 7) is 5.45. The lowest BCUT2D eigenvalue weighted by molar-refractivity contribution is -0.115. The summed E-state index contributed by atoms with van der Waals surface area (Å²) < 4.78 is 0. The Kier molecular flexibility index (Phi) is 4.80. The molecule has 1 amide bonds. The van der Waals surface area contributed by atoms with Gasteiger partial charge in [0.1, 0.15) is 5.71 Å². The molecule has 0 atom stereocenters. The van der Waals surface area contributed by atoms with Crippen molar-refractivity contribution in [3.8, 4) is 0 Å². The molecular weight excluding hydrogens is 228 g/mol. The van der Waals surface area contributed by atoms with Crippen molar-refractivity contribution >= 4 is 17.5 Å². The number of nitrogens with zero attached hydrogens (tertiary/aromatic N) is 1. The quantitative estimate of drug-likeness (QED) is 0.536. The van der Waals surface area contributed by atoms with Crippen LogP contribution in [0.4, 0.5) is 0 Å². The lowest BCUT2D eigenvalue weighted by Crippen LogP contribution is -2.31. The van der Waals surface area contributed by atoms with Crippen molar-refractivity contribution < 1.29 is 4.79 Å². The molecule has 0 aliphatic heterocycles. The summed E-state index contributed by atoms with van der Waals surface area (Å²) in [6, 6.07) is 9.44. The first-order valence-corrected chi connectivity index (χ1v) is 5.41. The van der Waals surface area contributed by atoms with E-state index in [4.69, 9.17) is 11.1 Å². The minimum atomic E-state index is -0.520. The first-order chi connectivity index (χ1) is 8.50. The highest BCUT2D eigenvalue weighted by Gasteiger charge is 2.11. The molecule has 0 heterocycles. The summed E-state index contributed by atoms with van der Waals surface area (Å²) in [6.07, 6.45) is 0. The van der Waals surface area contributed by atoms with Gasteiger partial charge < -0.3 is 11.1 Å². The molecule has 0 saturated carbocycles. The van der Waals surface area contributed by atoms with Gasteiger partial charge in [-0.05, 0) is 12.5 Å². The minimum Gasteiger partial charge on any atom is -0.387 e. The molecular formula is C13H16N4O. The second-order valence-corrected chi connectivity index (χ2v) is 3.74. The molecule has 0 bridgehead atoms. The fourth-order valence-electron chi connectivity index (χ4n) is 1.27. The van der Waals surface area contributed by atoms with Crippen LogP contribution in [0.2, 0.25) is 0 Å². The topological polar surface area (TPSA) is 91.3 Å². The van der Waals surface area contributed by atoms with Crippen LogP contribution in [-0.4, -0.2) is 17.5 Å². The van der Waals surface area contributed by atoms with Crippen molar-refractivity contribution in [2.75, 3.05) is 0 Å². The Balaban J connectivity index is 2.54. The molecule has 5 heteroatoms. The fraction of sp³-hybridized carbons (Fsp3) is 0.154. The van der Waals surface area contributed by atoms with Crippen molar-refractivity contribution in [2.24, 2.45) is 10.7 Å². The second kappa shape index (κ2) is 6.34. The summed E-state index contributed by atoms with van der Waals surface area (Å²) >= 11 is 0. The van der Waals surface area contributed by atoms with Crippen LogP contribution in [0.25, 0.3) is 0 Å². The molecule has 0 spiro atoms. The summed E-state index contributed by atoms with van der Waals surface area (Å²) in [4.78, 5) is 15.4. The third-order valence-electron chi connectivity index (χ3n) is 2.12. The molecule has 1 aromatic carbocycles. The zero-order chi connectivity index (χ0) is 13.5. The number of amides is 1. The van der Waals surface area contributed by atoms with Gasteiger partial charge in [0.15, 0.2) is 0 Å². The van der Waals surface area contributed by atoms with Gasteiger partial charge in [0, 0.05) is 6.54 Å². The molecule has 0 aromatic heterocycles. The van der Waals surface area contributed by atoms with Crippen LogP contribution in [-0.2, 0) is 11.3 Å². The molecule has 4 N–H and O–H groups in total. The van der Waals surface area contributed by atoms with Crippen LogP contribution >= 0.6 is 0 Å². The predicted molar refractivity (Wildman–Crippen MR) is 72.5 cm³/mol. The van der Waals surface area contributed by atoms with Crippen molar-refractivity contribution in [1.29, 1.82) is 5.41 Å².